The summed E-state index contributed by atoms with van der Waals surface area (Å²) in [6.45, 7) is 5.05. The Bertz CT molecular complexity index is 994. The van der Waals surface area contributed by atoms with E-state index in [1.807, 2.05) is 32.0 Å². The van der Waals surface area contributed by atoms with Crippen LogP contribution in [-0.4, -0.2) is 36.7 Å². The number of hydrogen-bond donors (Lipinski definition) is 1. The van der Waals surface area contributed by atoms with Gasteiger partial charge in [-0.25, -0.2) is 0 Å². The van der Waals surface area contributed by atoms with Crippen LogP contribution in [0.15, 0.2) is 42.5 Å². The lowest BCUT2D eigenvalue weighted by Crippen LogP contribution is -2.29. The third-order valence-electron chi connectivity index (χ3n) is 5.07. The molecule has 0 bridgehead atoms. The molecule has 2 aromatic rings. The molecule has 1 fully saturated rings. The van der Waals surface area contributed by atoms with E-state index in [-0.39, 0.29) is 24.7 Å². The van der Waals surface area contributed by atoms with Crippen molar-refractivity contribution < 1.29 is 23.9 Å². The summed E-state index contributed by atoms with van der Waals surface area (Å²) < 4.78 is 5.13. The first-order chi connectivity index (χ1) is 14.3. The third-order valence-corrected chi connectivity index (χ3v) is 5.07. The highest BCUT2D eigenvalue weighted by Gasteiger charge is 2.37. The average Bonchev–Trinajstić information content (AvgIpc) is 3.07. The second-order valence-corrected chi connectivity index (χ2v) is 7.44. The maximum atomic E-state index is 12.5. The molecule has 0 saturated carbocycles. The molecular formula is C23H24N2O5. The number of rotatable bonds is 6. The molecule has 1 aliphatic heterocycles. The van der Waals surface area contributed by atoms with Crippen molar-refractivity contribution in [3.05, 3.63) is 59.2 Å². The van der Waals surface area contributed by atoms with Crippen LogP contribution in [0.5, 0.6) is 0 Å². The van der Waals surface area contributed by atoms with Crippen LogP contribution in [0.1, 0.15) is 34.8 Å². The molecule has 1 N–H and O–H groups in total. The lowest BCUT2D eigenvalue weighted by Gasteiger charge is -2.21. The normalized spacial score (nSPS) is 15.8. The zero-order valence-electron chi connectivity index (χ0n) is 17.2. The average molecular weight is 408 g/mol. The van der Waals surface area contributed by atoms with Crippen LogP contribution in [0.2, 0.25) is 0 Å². The fourth-order valence-corrected chi connectivity index (χ4v) is 3.58. The fraction of sp³-hybridized carbons (Fsp3) is 0.304. The van der Waals surface area contributed by atoms with Crippen molar-refractivity contribution in [1.82, 2.24) is 0 Å². The molecule has 1 heterocycles. The minimum absolute atomic E-state index is 0.0505. The molecule has 0 unspecified atom stereocenters. The van der Waals surface area contributed by atoms with Crippen LogP contribution >= 0.6 is 0 Å². The lowest BCUT2D eigenvalue weighted by molar-refractivity contribution is -0.151. The third kappa shape index (κ3) is 4.74. The number of anilines is 2. The number of carbonyl (C=O) groups excluding carboxylic acids is 4. The van der Waals surface area contributed by atoms with E-state index in [0.29, 0.717) is 11.3 Å². The summed E-state index contributed by atoms with van der Waals surface area (Å²) in [5.74, 6) is -1.97. The molecule has 3 rings (SSSR count). The minimum Gasteiger partial charge on any atom is -0.455 e. The largest absolute Gasteiger partial charge is 0.455 e. The van der Waals surface area contributed by atoms with Crippen molar-refractivity contribution in [2.24, 2.45) is 5.92 Å². The van der Waals surface area contributed by atoms with E-state index < -0.39 is 24.4 Å². The summed E-state index contributed by atoms with van der Waals surface area (Å²) in [5.41, 5.74) is 3.66. The predicted molar refractivity (Wildman–Crippen MR) is 112 cm³/mol. The molecule has 1 saturated heterocycles. The van der Waals surface area contributed by atoms with E-state index in [2.05, 4.69) is 5.32 Å². The number of ketones is 1. The quantitative estimate of drug-likeness (QED) is 0.586. The number of benzene rings is 2. The van der Waals surface area contributed by atoms with Gasteiger partial charge in [0, 0.05) is 29.9 Å². The Morgan fingerprint density at radius 1 is 1.10 bits per heavy atom. The van der Waals surface area contributed by atoms with E-state index in [4.69, 9.17) is 4.74 Å². The number of para-hydroxylation sites is 1. The Hall–Kier alpha value is -3.48. The number of esters is 1. The summed E-state index contributed by atoms with van der Waals surface area (Å²) in [4.78, 5) is 50.0. The maximum absolute atomic E-state index is 12.5. The van der Waals surface area contributed by atoms with E-state index in [0.717, 1.165) is 16.8 Å². The molecule has 7 heteroatoms. The summed E-state index contributed by atoms with van der Waals surface area (Å²) in [6, 6.07) is 12.3. The van der Waals surface area contributed by atoms with Crippen LogP contribution < -0.4 is 10.2 Å². The SMILES string of the molecule is CC(=O)c1cccc(NC(=O)COC(=O)[C@H]2CC(=O)N(c3c(C)cccc3C)C2)c1. The van der Waals surface area contributed by atoms with Gasteiger partial charge in [-0.15, -0.1) is 0 Å². The molecular weight excluding hydrogens is 384 g/mol. The molecule has 30 heavy (non-hydrogen) atoms. The van der Waals surface area contributed by atoms with Gasteiger partial charge in [-0.2, -0.15) is 0 Å². The molecule has 2 amide bonds. The number of hydrogen-bond acceptors (Lipinski definition) is 5. The van der Waals surface area contributed by atoms with Crippen LogP contribution in [0.3, 0.4) is 0 Å². The first-order valence-electron chi connectivity index (χ1n) is 9.70. The Balaban J connectivity index is 1.56. The van der Waals surface area contributed by atoms with E-state index in [1.54, 1.807) is 29.2 Å². The molecule has 1 atom stereocenters. The zero-order chi connectivity index (χ0) is 21.8. The molecule has 0 aromatic heterocycles. The Morgan fingerprint density at radius 2 is 1.77 bits per heavy atom. The van der Waals surface area contributed by atoms with Crippen LogP contribution in [0.4, 0.5) is 11.4 Å². The smallest absolute Gasteiger partial charge is 0.311 e. The molecule has 0 aliphatic carbocycles. The molecule has 7 nitrogen and oxygen atoms in total. The van der Waals surface area contributed by atoms with Crippen molar-refractivity contribution >= 4 is 34.9 Å². The Kier molecular flexibility index (Phi) is 6.30. The first-order valence-corrected chi connectivity index (χ1v) is 9.70. The van der Waals surface area contributed by atoms with Gasteiger partial charge in [-0.1, -0.05) is 30.3 Å². The number of ether oxygens (including phenoxy) is 1. The predicted octanol–water partition coefficient (Wildman–Crippen LogP) is 3.04. The van der Waals surface area contributed by atoms with E-state index >= 15 is 0 Å². The van der Waals surface area contributed by atoms with Crippen LogP contribution in [0.25, 0.3) is 0 Å². The highest BCUT2D eigenvalue weighted by Crippen LogP contribution is 2.31. The summed E-state index contributed by atoms with van der Waals surface area (Å²) >= 11 is 0. The zero-order valence-corrected chi connectivity index (χ0v) is 17.2. The minimum atomic E-state index is -0.620. The molecule has 0 spiro atoms. The Labute approximate surface area is 175 Å². The number of aryl methyl sites for hydroxylation is 2. The second-order valence-electron chi connectivity index (χ2n) is 7.44. The molecule has 2 aromatic carbocycles. The van der Waals surface area contributed by atoms with Gasteiger partial charge in [0.15, 0.2) is 12.4 Å². The van der Waals surface area contributed by atoms with Crippen molar-refractivity contribution in [2.45, 2.75) is 27.2 Å². The number of amides is 2. The number of carbonyl (C=O) groups is 4. The number of Topliss-reactive ketones (excluding diaryl/α,β-unsaturated/α-hetero) is 1. The number of nitrogens with zero attached hydrogens (tertiary/aromatic N) is 1. The molecule has 0 radical (unpaired) electrons. The van der Waals surface area contributed by atoms with Crippen LogP contribution in [0, 0.1) is 19.8 Å². The standard InChI is InChI=1S/C23H24N2O5/c1-14-6-4-7-15(2)22(14)25-12-18(11-21(25)28)23(29)30-13-20(27)24-19-9-5-8-17(10-19)16(3)26/h4-10,18H,11-13H2,1-3H3,(H,24,27)/t18-/m0/s1. The van der Waals surface area contributed by atoms with Gasteiger partial charge in [-0.3, -0.25) is 19.2 Å². The van der Waals surface area contributed by atoms with Gasteiger partial charge in [0.2, 0.25) is 5.91 Å². The van der Waals surface area contributed by atoms with Gasteiger partial charge in [-0.05, 0) is 44.0 Å². The van der Waals surface area contributed by atoms with E-state index in [9.17, 15) is 19.2 Å². The summed E-state index contributed by atoms with van der Waals surface area (Å²) in [6.07, 6.45) is 0.0505. The van der Waals surface area contributed by atoms with Crippen LogP contribution in [-0.2, 0) is 19.1 Å². The maximum Gasteiger partial charge on any atom is 0.311 e. The fourth-order valence-electron chi connectivity index (χ4n) is 3.58. The van der Waals surface area contributed by atoms with E-state index in [1.165, 1.54) is 6.92 Å². The first kappa shape index (κ1) is 21.2. The van der Waals surface area contributed by atoms with Gasteiger partial charge in [0.05, 0.1) is 5.92 Å². The van der Waals surface area contributed by atoms with Gasteiger partial charge < -0.3 is 15.0 Å². The van der Waals surface area contributed by atoms with Gasteiger partial charge in [0.25, 0.3) is 5.91 Å². The summed E-state index contributed by atoms with van der Waals surface area (Å²) in [7, 11) is 0. The van der Waals surface area contributed by atoms with Gasteiger partial charge >= 0.3 is 5.97 Å². The lowest BCUT2D eigenvalue weighted by atomic mass is 10.1. The Morgan fingerprint density at radius 3 is 2.43 bits per heavy atom. The molecule has 1 aliphatic rings. The monoisotopic (exact) mass is 408 g/mol. The highest BCUT2D eigenvalue weighted by molar-refractivity contribution is 6.01. The summed E-state index contributed by atoms with van der Waals surface area (Å²) in [5, 5.41) is 2.60. The topological polar surface area (TPSA) is 92.8 Å². The van der Waals surface area contributed by atoms with Crippen molar-refractivity contribution in [1.29, 1.82) is 0 Å². The van der Waals surface area contributed by atoms with Crippen molar-refractivity contribution in [3.8, 4) is 0 Å². The van der Waals surface area contributed by atoms with Crippen molar-refractivity contribution in [3.63, 3.8) is 0 Å². The second kappa shape index (κ2) is 8.90. The number of nitrogens with one attached hydrogen (secondary N) is 1. The molecule has 156 valence electrons. The highest BCUT2D eigenvalue weighted by atomic mass is 16.5. The van der Waals surface area contributed by atoms with Crippen molar-refractivity contribution in [2.75, 3.05) is 23.4 Å². The van der Waals surface area contributed by atoms with Gasteiger partial charge in [0.1, 0.15) is 0 Å².